The number of benzene rings is 2. The zero-order chi connectivity index (χ0) is 17.5. The lowest BCUT2D eigenvalue weighted by Crippen LogP contribution is -2.18. The first kappa shape index (κ1) is 15.9. The van der Waals surface area contributed by atoms with Gasteiger partial charge in [-0.3, -0.25) is 0 Å². The van der Waals surface area contributed by atoms with Crippen molar-refractivity contribution in [3.63, 3.8) is 0 Å². The first-order valence-electron chi connectivity index (χ1n) is 7.85. The molecule has 0 radical (unpaired) electrons. The summed E-state index contributed by atoms with van der Waals surface area (Å²) in [6.07, 6.45) is 0.357. The van der Waals surface area contributed by atoms with E-state index in [1.807, 2.05) is 41.1 Å². The molecule has 0 N–H and O–H groups in total. The van der Waals surface area contributed by atoms with E-state index in [0.717, 1.165) is 11.6 Å². The summed E-state index contributed by atoms with van der Waals surface area (Å²) in [6, 6.07) is 14.9. The minimum absolute atomic E-state index is 0.431. The lowest BCUT2D eigenvalue weighted by molar-refractivity contribution is -0.137. The first-order chi connectivity index (χ1) is 12.0. The maximum atomic E-state index is 13.0. The second-order valence-corrected chi connectivity index (χ2v) is 6.11. The topological polar surface area (TPSA) is 30.4 Å². The van der Waals surface area contributed by atoms with Crippen LogP contribution >= 0.6 is 0 Å². The number of rotatable bonds is 4. The number of hydrogen-bond donors (Lipinski definition) is 0. The fourth-order valence-corrected chi connectivity index (χ4v) is 3.19. The van der Waals surface area contributed by atoms with Crippen molar-refractivity contribution in [2.24, 2.45) is 0 Å². The molecule has 0 aliphatic carbocycles. The Morgan fingerprint density at radius 3 is 2.56 bits per heavy atom. The normalized spacial score (nSPS) is 22.8. The van der Waals surface area contributed by atoms with Gasteiger partial charge in [0.15, 0.2) is 0 Å². The van der Waals surface area contributed by atoms with Crippen LogP contribution in [-0.4, -0.2) is 9.55 Å². The Bertz CT molecular complexity index is 862. The van der Waals surface area contributed by atoms with E-state index in [0.29, 0.717) is 12.1 Å². The number of epoxide rings is 1. The lowest BCUT2D eigenvalue weighted by atomic mass is 9.91. The number of ether oxygens (including phenoxy) is 1. The Labute approximate surface area is 142 Å². The molecule has 1 aliphatic heterocycles. The number of halogens is 3. The summed E-state index contributed by atoms with van der Waals surface area (Å²) in [4.78, 5) is 4.03. The molecule has 3 nitrogen and oxygen atoms in total. The Balaban J connectivity index is 1.71. The molecule has 3 aromatic rings. The van der Waals surface area contributed by atoms with Gasteiger partial charge in [-0.1, -0.05) is 42.5 Å². The molecule has 1 aliphatic rings. The summed E-state index contributed by atoms with van der Waals surface area (Å²) in [5.41, 5.74) is 0.113. The molecule has 2 unspecified atom stereocenters. The van der Waals surface area contributed by atoms with E-state index >= 15 is 0 Å². The lowest BCUT2D eigenvalue weighted by Gasteiger charge is -2.15. The molecule has 1 saturated heterocycles. The maximum Gasteiger partial charge on any atom is 0.416 e. The summed E-state index contributed by atoms with van der Waals surface area (Å²) in [5.74, 6) is 0. The number of aromatic nitrogens is 2. The summed E-state index contributed by atoms with van der Waals surface area (Å²) in [6.45, 7) is 0.484. The molecule has 2 aromatic carbocycles. The van der Waals surface area contributed by atoms with E-state index < -0.39 is 23.4 Å². The summed E-state index contributed by atoms with van der Waals surface area (Å²) in [5, 5.41) is 0. The Kier molecular flexibility index (Phi) is 3.65. The number of imidazole rings is 1. The molecule has 6 heteroatoms. The molecule has 25 heavy (non-hydrogen) atoms. The van der Waals surface area contributed by atoms with Crippen LogP contribution in [0.4, 0.5) is 13.2 Å². The minimum Gasteiger partial charge on any atom is -0.354 e. The number of alkyl halides is 3. The molecule has 0 bridgehead atoms. The highest BCUT2D eigenvalue weighted by Crippen LogP contribution is 2.58. The third kappa shape index (κ3) is 2.93. The van der Waals surface area contributed by atoms with Gasteiger partial charge in [-0.2, -0.15) is 13.2 Å². The largest absolute Gasteiger partial charge is 0.416 e. The van der Waals surface area contributed by atoms with Gasteiger partial charge in [-0.25, -0.2) is 4.98 Å². The second-order valence-electron chi connectivity index (χ2n) is 6.11. The van der Waals surface area contributed by atoms with Gasteiger partial charge >= 0.3 is 6.18 Å². The van der Waals surface area contributed by atoms with Crippen molar-refractivity contribution >= 4 is 0 Å². The fourth-order valence-electron chi connectivity index (χ4n) is 3.19. The summed E-state index contributed by atoms with van der Waals surface area (Å²) in [7, 11) is 0. The predicted molar refractivity (Wildman–Crippen MR) is 85.6 cm³/mol. The van der Waals surface area contributed by atoms with Crippen LogP contribution in [0.3, 0.4) is 0 Å². The Hall–Kier alpha value is -2.60. The van der Waals surface area contributed by atoms with E-state index in [1.165, 1.54) is 12.1 Å². The molecule has 4 rings (SSSR count). The first-order valence-corrected chi connectivity index (χ1v) is 7.85. The van der Waals surface area contributed by atoms with Gasteiger partial charge in [0.1, 0.15) is 11.7 Å². The predicted octanol–water partition coefficient (Wildman–Crippen LogP) is 4.57. The van der Waals surface area contributed by atoms with E-state index in [4.69, 9.17) is 4.74 Å². The van der Waals surface area contributed by atoms with Crippen LogP contribution in [0.15, 0.2) is 73.3 Å². The highest BCUT2D eigenvalue weighted by atomic mass is 19.4. The average Bonchev–Trinajstić information content (AvgIpc) is 3.10. The van der Waals surface area contributed by atoms with Gasteiger partial charge in [0.2, 0.25) is 0 Å². The van der Waals surface area contributed by atoms with Crippen molar-refractivity contribution < 1.29 is 17.9 Å². The molecular formula is C19H15F3N2O. The quantitative estimate of drug-likeness (QED) is 0.649. The fraction of sp³-hybridized carbons (Fsp3) is 0.211. The SMILES string of the molecule is FC(F)(F)c1cccc(C2OC2(Cn2ccnc2)c2ccccc2)c1. The van der Waals surface area contributed by atoms with Crippen molar-refractivity contribution in [3.05, 3.63) is 90.0 Å². The molecule has 2 atom stereocenters. The van der Waals surface area contributed by atoms with Crippen molar-refractivity contribution in [3.8, 4) is 0 Å². The van der Waals surface area contributed by atoms with Crippen LogP contribution in [0.2, 0.25) is 0 Å². The minimum atomic E-state index is -4.37. The third-order valence-corrected chi connectivity index (χ3v) is 4.45. The van der Waals surface area contributed by atoms with Gasteiger partial charge in [-0.15, -0.1) is 0 Å². The summed E-state index contributed by atoms with van der Waals surface area (Å²) >= 11 is 0. The van der Waals surface area contributed by atoms with Gasteiger partial charge in [0.05, 0.1) is 18.4 Å². The van der Waals surface area contributed by atoms with E-state index in [9.17, 15) is 13.2 Å². The smallest absolute Gasteiger partial charge is 0.354 e. The van der Waals surface area contributed by atoms with E-state index in [1.54, 1.807) is 18.6 Å². The standard InChI is InChI=1S/C19H15F3N2O/c20-19(21,22)16-8-4-5-14(11-16)17-18(25-17,12-24-10-9-23-13-24)15-6-2-1-3-7-15/h1-11,13,17H,12H2. The third-order valence-electron chi connectivity index (χ3n) is 4.45. The molecule has 128 valence electrons. The van der Waals surface area contributed by atoms with Crippen LogP contribution in [0.25, 0.3) is 0 Å². The van der Waals surface area contributed by atoms with Gasteiger partial charge in [0.25, 0.3) is 0 Å². The number of hydrogen-bond acceptors (Lipinski definition) is 2. The van der Waals surface area contributed by atoms with Gasteiger partial charge in [0, 0.05) is 12.4 Å². The molecule has 0 spiro atoms. The molecule has 1 aromatic heterocycles. The molecule has 0 amide bonds. The Morgan fingerprint density at radius 2 is 1.88 bits per heavy atom. The molecule has 1 fully saturated rings. The van der Waals surface area contributed by atoms with Crippen LogP contribution in [0.1, 0.15) is 22.8 Å². The monoisotopic (exact) mass is 344 g/mol. The molecule has 2 heterocycles. The van der Waals surface area contributed by atoms with Crippen molar-refractivity contribution in [1.29, 1.82) is 0 Å². The zero-order valence-electron chi connectivity index (χ0n) is 13.1. The molecule has 0 saturated carbocycles. The Morgan fingerprint density at radius 1 is 1.08 bits per heavy atom. The van der Waals surface area contributed by atoms with Crippen molar-refractivity contribution in [1.82, 2.24) is 9.55 Å². The van der Waals surface area contributed by atoms with E-state index in [-0.39, 0.29) is 0 Å². The second kappa shape index (κ2) is 5.74. The van der Waals surface area contributed by atoms with Gasteiger partial charge < -0.3 is 9.30 Å². The highest BCUT2D eigenvalue weighted by molar-refractivity contribution is 5.38. The number of nitrogens with zero attached hydrogens (tertiary/aromatic N) is 2. The van der Waals surface area contributed by atoms with Crippen LogP contribution in [-0.2, 0) is 23.1 Å². The van der Waals surface area contributed by atoms with Gasteiger partial charge in [-0.05, 0) is 23.3 Å². The average molecular weight is 344 g/mol. The van der Waals surface area contributed by atoms with Crippen LogP contribution < -0.4 is 0 Å². The zero-order valence-corrected chi connectivity index (χ0v) is 13.1. The van der Waals surface area contributed by atoms with Crippen molar-refractivity contribution in [2.75, 3.05) is 0 Å². The highest BCUT2D eigenvalue weighted by Gasteiger charge is 2.58. The van der Waals surface area contributed by atoms with Crippen LogP contribution in [0, 0.1) is 0 Å². The van der Waals surface area contributed by atoms with Crippen molar-refractivity contribution in [2.45, 2.75) is 24.4 Å². The molecular weight excluding hydrogens is 329 g/mol. The maximum absolute atomic E-state index is 13.0. The summed E-state index contributed by atoms with van der Waals surface area (Å²) < 4.78 is 46.9. The van der Waals surface area contributed by atoms with E-state index in [2.05, 4.69) is 4.98 Å². The van der Waals surface area contributed by atoms with Crippen LogP contribution in [0.5, 0.6) is 0 Å².